The first-order valence-electron chi connectivity index (χ1n) is 8.73. The zero-order valence-electron chi connectivity index (χ0n) is 16.6. The van der Waals surface area contributed by atoms with E-state index >= 15 is 0 Å². The minimum Gasteiger partial charge on any atom is -0.222 e. The lowest BCUT2D eigenvalue weighted by Gasteiger charge is -2.21. The van der Waals surface area contributed by atoms with E-state index in [0.717, 1.165) is 12.2 Å². The minimum absolute atomic E-state index is 0.750. The largest absolute Gasteiger partial charge is 0.231 e. The van der Waals surface area contributed by atoms with Crippen LogP contribution in [0, 0.1) is 38.5 Å². The SMILES string of the molecule is Cc1c(C)c(C)c(-c2ccccc2)c(-c2ccccc2)c1C.N=C=O.N=C=O. The molecule has 0 heterocycles. The monoisotopic (exact) mass is 372 g/mol. The normalized spacial score (nSPS) is 9.00. The molecule has 4 heteroatoms. The Morgan fingerprint density at radius 2 is 0.786 bits per heavy atom. The van der Waals surface area contributed by atoms with Crippen LogP contribution in [0.2, 0.25) is 0 Å². The third-order valence-electron chi connectivity index (χ3n) is 4.81. The van der Waals surface area contributed by atoms with E-state index in [-0.39, 0.29) is 0 Å². The maximum Gasteiger partial charge on any atom is 0.231 e. The Morgan fingerprint density at radius 3 is 1.04 bits per heavy atom. The van der Waals surface area contributed by atoms with Crippen molar-refractivity contribution < 1.29 is 9.59 Å². The fourth-order valence-electron chi connectivity index (χ4n) is 3.24. The molecule has 3 aromatic rings. The van der Waals surface area contributed by atoms with Gasteiger partial charge < -0.3 is 0 Å². The van der Waals surface area contributed by atoms with Crippen molar-refractivity contribution in [3.63, 3.8) is 0 Å². The molecule has 3 aromatic carbocycles. The lowest BCUT2D eigenvalue weighted by molar-refractivity contribution is 0.562. The fraction of sp³-hybridized carbons (Fsp3) is 0.167. The summed E-state index contributed by atoms with van der Waals surface area (Å²) in [6, 6.07) is 21.5. The van der Waals surface area contributed by atoms with Gasteiger partial charge in [0.2, 0.25) is 12.2 Å². The first kappa shape index (κ1) is 22.5. The quantitative estimate of drug-likeness (QED) is 0.423. The summed E-state index contributed by atoms with van der Waals surface area (Å²) in [5.41, 5.74) is 10.9. The summed E-state index contributed by atoms with van der Waals surface area (Å²) in [6.45, 7) is 8.96. The van der Waals surface area contributed by atoms with E-state index in [1.807, 2.05) is 0 Å². The van der Waals surface area contributed by atoms with Crippen LogP contribution in [0.4, 0.5) is 0 Å². The molecule has 0 bridgehead atoms. The molecule has 0 amide bonds. The molecule has 0 saturated heterocycles. The van der Waals surface area contributed by atoms with Crippen LogP contribution in [-0.4, -0.2) is 12.2 Å². The molecule has 0 aliphatic rings. The van der Waals surface area contributed by atoms with Gasteiger partial charge in [0.15, 0.2) is 0 Å². The molecule has 0 atom stereocenters. The van der Waals surface area contributed by atoms with Gasteiger partial charge in [-0.2, -0.15) is 0 Å². The fourth-order valence-corrected chi connectivity index (χ4v) is 3.24. The molecule has 28 heavy (non-hydrogen) atoms. The molecule has 0 fully saturated rings. The van der Waals surface area contributed by atoms with Crippen LogP contribution < -0.4 is 0 Å². The second-order valence-electron chi connectivity index (χ2n) is 6.19. The zero-order valence-corrected chi connectivity index (χ0v) is 16.6. The van der Waals surface area contributed by atoms with Gasteiger partial charge in [0.25, 0.3) is 0 Å². The van der Waals surface area contributed by atoms with Gasteiger partial charge in [-0.3, -0.25) is 0 Å². The Bertz CT molecular complexity index is 900. The highest BCUT2D eigenvalue weighted by Crippen LogP contribution is 2.40. The van der Waals surface area contributed by atoms with E-state index in [9.17, 15) is 0 Å². The van der Waals surface area contributed by atoms with Gasteiger partial charge >= 0.3 is 0 Å². The van der Waals surface area contributed by atoms with Crippen LogP contribution in [0.15, 0.2) is 60.7 Å². The molecule has 0 radical (unpaired) electrons. The average Bonchev–Trinajstić information content (AvgIpc) is 2.71. The molecule has 4 nitrogen and oxygen atoms in total. The van der Waals surface area contributed by atoms with Crippen molar-refractivity contribution in [2.75, 3.05) is 0 Å². The second-order valence-corrected chi connectivity index (χ2v) is 6.19. The molecule has 0 unspecified atom stereocenters. The minimum atomic E-state index is 0.750. The van der Waals surface area contributed by atoms with E-state index in [4.69, 9.17) is 20.4 Å². The van der Waals surface area contributed by atoms with Crippen LogP contribution in [0.3, 0.4) is 0 Å². The van der Waals surface area contributed by atoms with E-state index < -0.39 is 0 Å². The van der Waals surface area contributed by atoms with Gasteiger partial charge in [0.1, 0.15) is 0 Å². The topological polar surface area (TPSA) is 81.8 Å². The van der Waals surface area contributed by atoms with Gasteiger partial charge in [0, 0.05) is 0 Å². The Morgan fingerprint density at radius 1 is 0.536 bits per heavy atom. The molecule has 3 rings (SSSR count). The number of hydrogen-bond donors (Lipinski definition) is 2. The number of hydrogen-bond acceptors (Lipinski definition) is 4. The lowest BCUT2D eigenvalue weighted by atomic mass is 9.83. The van der Waals surface area contributed by atoms with Gasteiger partial charge in [-0.15, -0.1) is 0 Å². The smallest absolute Gasteiger partial charge is 0.222 e. The van der Waals surface area contributed by atoms with E-state index in [1.54, 1.807) is 0 Å². The summed E-state index contributed by atoms with van der Waals surface area (Å²) in [5.74, 6) is 0. The summed E-state index contributed by atoms with van der Waals surface area (Å²) in [5, 5.41) is 10.8. The number of carbonyl (C=O) groups excluding carboxylic acids is 2. The molecule has 142 valence electrons. The van der Waals surface area contributed by atoms with E-state index in [1.165, 1.54) is 44.5 Å². The Labute approximate surface area is 165 Å². The second kappa shape index (κ2) is 11.2. The molecule has 0 aliphatic carbocycles. The van der Waals surface area contributed by atoms with Crippen molar-refractivity contribution in [3.8, 4) is 22.3 Å². The zero-order chi connectivity index (χ0) is 21.1. The highest BCUT2D eigenvalue weighted by molar-refractivity contribution is 5.89. The standard InChI is InChI=1S/C22H22.2CHNO/c1-15-16(2)18(4)22(20-13-9-6-10-14-20)21(17(15)3)19-11-7-5-8-12-19;2*2-1-3/h5-14H,1-4H3;2*2H. The maximum absolute atomic E-state index is 8.35. The highest BCUT2D eigenvalue weighted by Gasteiger charge is 2.17. The van der Waals surface area contributed by atoms with Crippen LogP contribution in [-0.2, 0) is 9.59 Å². The van der Waals surface area contributed by atoms with Crippen molar-refractivity contribution in [1.82, 2.24) is 0 Å². The molecule has 0 saturated carbocycles. The third kappa shape index (κ3) is 5.21. The molecule has 0 aliphatic heterocycles. The first-order chi connectivity index (χ1) is 13.4. The van der Waals surface area contributed by atoms with Crippen molar-refractivity contribution in [3.05, 3.63) is 82.9 Å². The summed E-state index contributed by atoms with van der Waals surface area (Å²) in [7, 11) is 0. The number of rotatable bonds is 2. The Kier molecular flexibility index (Phi) is 8.98. The van der Waals surface area contributed by atoms with Gasteiger partial charge in [-0.05, 0) is 72.2 Å². The Balaban J connectivity index is 0.000000582. The van der Waals surface area contributed by atoms with Crippen LogP contribution >= 0.6 is 0 Å². The van der Waals surface area contributed by atoms with Gasteiger partial charge in [-0.1, -0.05) is 60.7 Å². The molecule has 0 aromatic heterocycles. The third-order valence-corrected chi connectivity index (χ3v) is 4.81. The van der Waals surface area contributed by atoms with Crippen molar-refractivity contribution in [2.24, 2.45) is 0 Å². The summed E-state index contributed by atoms with van der Waals surface area (Å²) >= 11 is 0. The average molecular weight is 372 g/mol. The van der Waals surface area contributed by atoms with E-state index in [2.05, 4.69) is 88.4 Å². The summed E-state index contributed by atoms with van der Waals surface area (Å²) in [4.78, 5) is 16.7. The highest BCUT2D eigenvalue weighted by atomic mass is 16.1. The first-order valence-corrected chi connectivity index (χ1v) is 8.73. The molecular weight excluding hydrogens is 348 g/mol. The number of nitrogens with one attached hydrogen (secondary N) is 2. The molecule has 0 spiro atoms. The number of benzene rings is 3. The van der Waals surface area contributed by atoms with Crippen molar-refractivity contribution in [1.29, 1.82) is 10.8 Å². The van der Waals surface area contributed by atoms with Crippen molar-refractivity contribution in [2.45, 2.75) is 27.7 Å². The predicted molar refractivity (Wildman–Crippen MR) is 113 cm³/mol. The Hall–Kier alpha value is -3.58. The van der Waals surface area contributed by atoms with Crippen LogP contribution in [0.25, 0.3) is 22.3 Å². The van der Waals surface area contributed by atoms with Gasteiger partial charge in [-0.25, -0.2) is 20.4 Å². The van der Waals surface area contributed by atoms with E-state index in [0.29, 0.717) is 0 Å². The summed E-state index contributed by atoms with van der Waals surface area (Å²) < 4.78 is 0. The van der Waals surface area contributed by atoms with Crippen LogP contribution in [0.5, 0.6) is 0 Å². The lowest BCUT2D eigenvalue weighted by Crippen LogP contribution is -1.99. The van der Waals surface area contributed by atoms with Crippen molar-refractivity contribution >= 4 is 12.2 Å². The van der Waals surface area contributed by atoms with Gasteiger partial charge in [0.05, 0.1) is 0 Å². The predicted octanol–water partition coefficient (Wildman–Crippen LogP) is 6.06. The number of isocyanates is 2. The molecule has 2 N–H and O–H groups in total. The van der Waals surface area contributed by atoms with Crippen LogP contribution in [0.1, 0.15) is 22.3 Å². The molecular formula is C24H24N2O2. The maximum atomic E-state index is 8.35. The summed E-state index contributed by atoms with van der Waals surface area (Å²) in [6.07, 6.45) is 1.50.